The Labute approximate surface area is 138 Å². The maximum Gasteiger partial charge on any atom is 0.248 e. The predicted octanol–water partition coefficient (Wildman–Crippen LogP) is 3.90. The highest BCUT2D eigenvalue weighted by Gasteiger charge is 2.18. The summed E-state index contributed by atoms with van der Waals surface area (Å²) in [5.74, 6) is -0.404. The van der Waals surface area contributed by atoms with Gasteiger partial charge in [0.1, 0.15) is 0 Å². The Bertz CT molecular complexity index is 909. The lowest BCUT2D eigenvalue weighted by atomic mass is 9.98. The van der Waals surface area contributed by atoms with Gasteiger partial charge in [-0.15, -0.1) is 0 Å². The second-order valence-corrected chi connectivity index (χ2v) is 6.27. The number of thiophene rings is 1. The highest BCUT2D eigenvalue weighted by molar-refractivity contribution is 7.08. The third kappa shape index (κ3) is 2.47. The molecule has 4 heteroatoms. The molecule has 0 aliphatic heterocycles. The van der Waals surface area contributed by atoms with E-state index in [0.29, 0.717) is 5.56 Å². The molecule has 0 spiro atoms. The monoisotopic (exact) mass is 318 g/mol. The van der Waals surface area contributed by atoms with Gasteiger partial charge in [0.25, 0.3) is 0 Å². The quantitative estimate of drug-likeness (QED) is 0.796. The Morgan fingerprint density at radius 2 is 1.91 bits per heavy atom. The summed E-state index contributed by atoms with van der Waals surface area (Å²) < 4.78 is 0. The van der Waals surface area contributed by atoms with Crippen molar-refractivity contribution in [3.8, 4) is 11.1 Å². The van der Waals surface area contributed by atoms with E-state index in [-0.39, 0.29) is 0 Å². The number of aromatic nitrogens is 1. The number of primary amides is 1. The Morgan fingerprint density at radius 1 is 1.09 bits per heavy atom. The lowest BCUT2D eigenvalue weighted by molar-refractivity contribution is 0.100. The van der Waals surface area contributed by atoms with Crippen molar-refractivity contribution in [1.29, 1.82) is 0 Å². The minimum absolute atomic E-state index is 0.404. The van der Waals surface area contributed by atoms with Crippen molar-refractivity contribution in [2.24, 2.45) is 5.73 Å². The zero-order chi connectivity index (χ0) is 15.8. The van der Waals surface area contributed by atoms with Gasteiger partial charge in [-0.05, 0) is 51.7 Å². The molecule has 0 radical (unpaired) electrons. The second kappa shape index (κ2) is 5.48. The fourth-order valence-electron chi connectivity index (χ4n) is 2.87. The lowest BCUT2D eigenvalue weighted by Crippen LogP contribution is -2.10. The summed E-state index contributed by atoms with van der Waals surface area (Å²) in [6.07, 6.45) is 4.97. The molecule has 4 rings (SSSR count). The Morgan fingerprint density at radius 3 is 2.61 bits per heavy atom. The van der Waals surface area contributed by atoms with E-state index in [1.165, 1.54) is 16.7 Å². The predicted molar refractivity (Wildman–Crippen MR) is 93.3 cm³/mol. The van der Waals surface area contributed by atoms with Crippen LogP contribution in [-0.4, -0.2) is 10.9 Å². The van der Waals surface area contributed by atoms with Gasteiger partial charge < -0.3 is 5.73 Å². The molecule has 2 heterocycles. The maximum atomic E-state index is 11.2. The summed E-state index contributed by atoms with van der Waals surface area (Å²) in [5.41, 5.74) is 12.7. The Kier molecular flexibility index (Phi) is 3.32. The van der Waals surface area contributed by atoms with Crippen LogP contribution in [-0.2, 0) is 6.42 Å². The van der Waals surface area contributed by atoms with Crippen LogP contribution in [0.15, 0.2) is 59.4 Å². The lowest BCUT2D eigenvalue weighted by Gasteiger charge is -2.08. The van der Waals surface area contributed by atoms with Crippen molar-refractivity contribution in [2.75, 3.05) is 0 Å². The van der Waals surface area contributed by atoms with E-state index in [1.54, 1.807) is 23.5 Å². The molecular weight excluding hydrogens is 304 g/mol. The molecule has 1 aliphatic rings. The molecule has 0 saturated carbocycles. The van der Waals surface area contributed by atoms with Crippen molar-refractivity contribution < 1.29 is 4.79 Å². The summed E-state index contributed by atoms with van der Waals surface area (Å²) in [6, 6.07) is 11.7. The van der Waals surface area contributed by atoms with Crippen molar-refractivity contribution in [3.63, 3.8) is 0 Å². The van der Waals surface area contributed by atoms with Crippen LogP contribution in [0.5, 0.6) is 0 Å². The van der Waals surface area contributed by atoms with Gasteiger partial charge in [-0.3, -0.25) is 9.78 Å². The van der Waals surface area contributed by atoms with E-state index in [2.05, 4.69) is 34.0 Å². The molecule has 2 N–H and O–H groups in total. The van der Waals surface area contributed by atoms with Crippen LogP contribution in [0.1, 0.15) is 27.2 Å². The van der Waals surface area contributed by atoms with Gasteiger partial charge in [0.05, 0.1) is 5.69 Å². The summed E-state index contributed by atoms with van der Waals surface area (Å²) in [6.45, 7) is 0. The maximum absolute atomic E-state index is 11.2. The van der Waals surface area contributed by atoms with Crippen LogP contribution in [0.3, 0.4) is 0 Å². The molecule has 112 valence electrons. The first-order chi connectivity index (χ1) is 11.2. The molecule has 23 heavy (non-hydrogen) atoms. The highest BCUT2D eigenvalue weighted by Crippen LogP contribution is 2.34. The SMILES string of the molecule is NC(=O)c1ccc(C2=CCc3ncc(-c4ccsc4)cc32)cc1. The van der Waals surface area contributed by atoms with Crippen LogP contribution in [0, 0.1) is 0 Å². The number of rotatable bonds is 3. The number of nitrogens with two attached hydrogens (primary N) is 1. The van der Waals surface area contributed by atoms with Gasteiger partial charge in [-0.2, -0.15) is 11.3 Å². The van der Waals surface area contributed by atoms with Crippen LogP contribution in [0.25, 0.3) is 16.7 Å². The standard InChI is InChI=1S/C19H14N2OS/c20-19(22)13-3-1-12(2-4-13)16-5-6-18-17(16)9-15(10-21-18)14-7-8-23-11-14/h1-5,7-11H,6H2,(H2,20,22). The Hall–Kier alpha value is -2.72. The average Bonchev–Trinajstić information content (AvgIpc) is 3.24. The minimum atomic E-state index is -0.404. The number of benzene rings is 1. The van der Waals surface area contributed by atoms with Crippen molar-refractivity contribution in [2.45, 2.75) is 6.42 Å². The van der Waals surface area contributed by atoms with Gasteiger partial charge in [0.2, 0.25) is 5.91 Å². The fraction of sp³-hybridized carbons (Fsp3) is 0.0526. The van der Waals surface area contributed by atoms with E-state index < -0.39 is 5.91 Å². The van der Waals surface area contributed by atoms with Crippen molar-refractivity contribution in [3.05, 3.63) is 81.8 Å². The number of allylic oxidation sites excluding steroid dienone is 1. The number of carbonyl (C=O) groups excluding carboxylic acids is 1. The molecular formula is C19H14N2OS. The number of amides is 1. The fourth-order valence-corrected chi connectivity index (χ4v) is 3.54. The van der Waals surface area contributed by atoms with Gasteiger partial charge >= 0.3 is 0 Å². The van der Waals surface area contributed by atoms with Gasteiger partial charge in [-0.25, -0.2) is 0 Å². The van der Waals surface area contributed by atoms with Gasteiger partial charge in [-0.1, -0.05) is 18.2 Å². The van der Waals surface area contributed by atoms with Crippen LogP contribution >= 0.6 is 11.3 Å². The number of carbonyl (C=O) groups is 1. The number of fused-ring (bicyclic) bond motifs is 1. The first kappa shape index (κ1) is 13.9. The summed E-state index contributed by atoms with van der Waals surface area (Å²) in [7, 11) is 0. The minimum Gasteiger partial charge on any atom is -0.366 e. The smallest absolute Gasteiger partial charge is 0.248 e. The molecule has 3 aromatic rings. The normalized spacial score (nSPS) is 12.8. The van der Waals surface area contributed by atoms with Crippen LogP contribution in [0.4, 0.5) is 0 Å². The van der Waals surface area contributed by atoms with Crippen molar-refractivity contribution >= 4 is 22.8 Å². The highest BCUT2D eigenvalue weighted by atomic mass is 32.1. The Balaban J connectivity index is 1.74. The molecule has 3 nitrogen and oxygen atoms in total. The van der Waals surface area contributed by atoms with E-state index in [4.69, 9.17) is 5.73 Å². The molecule has 1 amide bonds. The summed E-state index contributed by atoms with van der Waals surface area (Å²) in [4.78, 5) is 15.8. The zero-order valence-electron chi connectivity index (χ0n) is 12.3. The van der Waals surface area contributed by atoms with Crippen molar-refractivity contribution in [1.82, 2.24) is 4.98 Å². The van der Waals surface area contributed by atoms with Crippen LogP contribution in [0.2, 0.25) is 0 Å². The largest absolute Gasteiger partial charge is 0.366 e. The van der Waals surface area contributed by atoms with E-state index in [1.807, 2.05) is 18.3 Å². The molecule has 2 aromatic heterocycles. The number of pyridine rings is 1. The van der Waals surface area contributed by atoms with E-state index in [9.17, 15) is 4.79 Å². The number of hydrogen-bond donors (Lipinski definition) is 1. The number of nitrogens with zero attached hydrogens (tertiary/aromatic N) is 1. The molecule has 0 bridgehead atoms. The first-order valence-corrected chi connectivity index (χ1v) is 8.29. The topological polar surface area (TPSA) is 56.0 Å². The number of hydrogen-bond acceptors (Lipinski definition) is 3. The molecule has 1 aliphatic carbocycles. The second-order valence-electron chi connectivity index (χ2n) is 5.49. The van der Waals surface area contributed by atoms with E-state index >= 15 is 0 Å². The third-order valence-corrected chi connectivity index (χ3v) is 4.78. The molecule has 0 unspecified atom stereocenters. The van der Waals surface area contributed by atoms with Gasteiger partial charge in [0, 0.05) is 29.3 Å². The molecule has 0 saturated heterocycles. The van der Waals surface area contributed by atoms with E-state index in [0.717, 1.165) is 23.2 Å². The summed E-state index contributed by atoms with van der Waals surface area (Å²) >= 11 is 1.68. The average molecular weight is 318 g/mol. The van der Waals surface area contributed by atoms with Crippen LogP contribution < -0.4 is 5.73 Å². The molecule has 1 aromatic carbocycles. The zero-order valence-corrected chi connectivity index (χ0v) is 13.1. The first-order valence-electron chi connectivity index (χ1n) is 7.34. The third-order valence-electron chi connectivity index (χ3n) is 4.09. The summed E-state index contributed by atoms with van der Waals surface area (Å²) in [5, 5.41) is 4.20. The molecule has 0 fully saturated rings. The van der Waals surface area contributed by atoms with Gasteiger partial charge in [0.15, 0.2) is 0 Å². The molecule has 0 atom stereocenters.